The second-order valence-corrected chi connectivity index (χ2v) is 3.71. The van der Waals surface area contributed by atoms with Gasteiger partial charge in [-0.25, -0.2) is 0 Å². The number of nitrogens with zero attached hydrogens (tertiary/aromatic N) is 1. The van der Waals surface area contributed by atoms with E-state index in [1.165, 1.54) is 0 Å². The topological polar surface area (TPSA) is 40.5 Å². The van der Waals surface area contributed by atoms with E-state index in [4.69, 9.17) is 5.11 Å². The molecule has 0 aromatic heterocycles. The molecule has 0 spiro atoms. The Morgan fingerprint density at radius 3 is 3.08 bits per heavy atom. The lowest BCUT2D eigenvalue weighted by Gasteiger charge is -2.17. The molecule has 12 heavy (non-hydrogen) atoms. The van der Waals surface area contributed by atoms with E-state index in [2.05, 4.69) is 6.58 Å². The smallest absolute Gasteiger partial charge is 0.231 e. The summed E-state index contributed by atoms with van der Waals surface area (Å²) in [6.07, 6.45) is 2.61. The summed E-state index contributed by atoms with van der Waals surface area (Å²) >= 11 is 0. The monoisotopic (exact) mass is 167 g/mol. The number of piperidine rings is 1. The molecule has 0 aromatic rings. The Morgan fingerprint density at radius 2 is 2.58 bits per heavy atom. The Labute approximate surface area is 71.7 Å². The highest BCUT2D eigenvalue weighted by atomic mass is 16.3. The highest BCUT2D eigenvalue weighted by Gasteiger charge is 2.65. The summed E-state index contributed by atoms with van der Waals surface area (Å²) in [5.41, 5.74) is -0.372. The van der Waals surface area contributed by atoms with Crippen molar-refractivity contribution >= 4 is 5.91 Å². The van der Waals surface area contributed by atoms with Crippen LogP contribution in [-0.4, -0.2) is 35.6 Å². The first-order valence-corrected chi connectivity index (χ1v) is 4.26. The minimum absolute atomic E-state index is 0.0180. The van der Waals surface area contributed by atoms with Gasteiger partial charge in [0.2, 0.25) is 5.91 Å². The third-order valence-electron chi connectivity index (χ3n) is 3.02. The van der Waals surface area contributed by atoms with Gasteiger partial charge in [-0.05, 0) is 12.3 Å². The number of hydrogen-bond donors (Lipinski definition) is 1. The largest absolute Gasteiger partial charge is 0.395 e. The predicted octanol–water partition coefficient (Wildman–Crippen LogP) is 0.0132. The number of aliphatic hydroxyl groups is 1. The molecule has 2 rings (SSSR count). The van der Waals surface area contributed by atoms with Crippen molar-refractivity contribution in [3.63, 3.8) is 0 Å². The summed E-state index contributed by atoms with van der Waals surface area (Å²) < 4.78 is 0. The number of hydrogen-bond acceptors (Lipinski definition) is 2. The molecule has 0 bridgehead atoms. The highest BCUT2D eigenvalue weighted by Crippen LogP contribution is 2.57. The molecular formula is C9H13NO2. The van der Waals surface area contributed by atoms with Gasteiger partial charge in [-0.15, -0.1) is 6.58 Å². The normalized spacial score (nSPS) is 38.2. The fourth-order valence-corrected chi connectivity index (χ4v) is 2.12. The lowest BCUT2D eigenvalue weighted by molar-refractivity contribution is -0.134. The van der Waals surface area contributed by atoms with Crippen molar-refractivity contribution in [2.45, 2.75) is 6.42 Å². The first-order valence-electron chi connectivity index (χ1n) is 4.26. The molecule has 1 aliphatic carbocycles. The van der Waals surface area contributed by atoms with Crippen LogP contribution in [0.15, 0.2) is 12.7 Å². The Morgan fingerprint density at radius 1 is 1.83 bits per heavy atom. The first kappa shape index (κ1) is 7.80. The van der Waals surface area contributed by atoms with Crippen molar-refractivity contribution in [3.05, 3.63) is 12.7 Å². The lowest BCUT2D eigenvalue weighted by atomic mass is 10.1. The van der Waals surface area contributed by atoms with E-state index in [-0.39, 0.29) is 17.9 Å². The maximum Gasteiger partial charge on any atom is 0.231 e. The van der Waals surface area contributed by atoms with Gasteiger partial charge in [0.05, 0.1) is 12.0 Å². The first-order chi connectivity index (χ1) is 5.74. The Hall–Kier alpha value is -0.830. The van der Waals surface area contributed by atoms with E-state index in [1.54, 1.807) is 11.0 Å². The zero-order valence-electron chi connectivity index (χ0n) is 6.99. The fourth-order valence-electron chi connectivity index (χ4n) is 2.12. The molecular weight excluding hydrogens is 154 g/mol. The average Bonchev–Trinajstić information content (AvgIpc) is 2.72. The molecule has 3 nitrogen and oxygen atoms in total. The average molecular weight is 167 g/mol. The molecule has 2 aliphatic rings. The van der Waals surface area contributed by atoms with Crippen LogP contribution in [0.5, 0.6) is 0 Å². The van der Waals surface area contributed by atoms with Gasteiger partial charge < -0.3 is 10.0 Å². The van der Waals surface area contributed by atoms with Crippen molar-refractivity contribution in [2.24, 2.45) is 11.3 Å². The third-order valence-corrected chi connectivity index (χ3v) is 3.02. The van der Waals surface area contributed by atoms with E-state index in [0.717, 1.165) is 13.0 Å². The number of likely N-dealkylation sites (tertiary alicyclic amines) is 1. The van der Waals surface area contributed by atoms with Crippen molar-refractivity contribution in [1.29, 1.82) is 0 Å². The van der Waals surface area contributed by atoms with Gasteiger partial charge in [-0.3, -0.25) is 4.79 Å². The molecule has 1 heterocycles. The summed E-state index contributed by atoms with van der Waals surface area (Å²) in [6.45, 7) is 5.04. The van der Waals surface area contributed by atoms with Crippen LogP contribution < -0.4 is 0 Å². The Balaban J connectivity index is 2.09. The number of amides is 1. The van der Waals surface area contributed by atoms with Gasteiger partial charge in [0.15, 0.2) is 0 Å². The standard InChI is InChI=1S/C9H13NO2/c1-2-3-10-5-7-4-9(7,6-11)8(10)12/h2,7,11H,1,3-6H2/t7-,9+/m0/s1. The maximum absolute atomic E-state index is 11.6. The molecule has 2 atom stereocenters. The summed E-state index contributed by atoms with van der Waals surface area (Å²) in [5.74, 6) is 0.532. The van der Waals surface area contributed by atoms with Crippen molar-refractivity contribution in [1.82, 2.24) is 4.90 Å². The van der Waals surface area contributed by atoms with Crippen LogP contribution in [0.25, 0.3) is 0 Å². The van der Waals surface area contributed by atoms with Gasteiger partial charge in [-0.1, -0.05) is 6.08 Å². The summed E-state index contributed by atoms with van der Waals surface area (Å²) in [4.78, 5) is 13.4. The van der Waals surface area contributed by atoms with Crippen LogP contribution in [0.2, 0.25) is 0 Å². The number of rotatable bonds is 3. The molecule has 1 N–H and O–H groups in total. The van der Waals surface area contributed by atoms with E-state index in [9.17, 15) is 4.79 Å². The van der Waals surface area contributed by atoms with Gasteiger partial charge in [-0.2, -0.15) is 0 Å². The van der Waals surface area contributed by atoms with Gasteiger partial charge in [0.1, 0.15) is 0 Å². The summed E-state index contributed by atoms with van der Waals surface area (Å²) in [6, 6.07) is 0. The van der Waals surface area contributed by atoms with Crippen molar-refractivity contribution in [2.75, 3.05) is 19.7 Å². The molecule has 0 unspecified atom stereocenters. The van der Waals surface area contributed by atoms with Gasteiger partial charge >= 0.3 is 0 Å². The van der Waals surface area contributed by atoms with Crippen LogP contribution in [0.4, 0.5) is 0 Å². The zero-order valence-corrected chi connectivity index (χ0v) is 6.99. The zero-order chi connectivity index (χ0) is 8.77. The minimum Gasteiger partial charge on any atom is -0.395 e. The predicted molar refractivity (Wildman–Crippen MR) is 44.4 cm³/mol. The number of carbonyl (C=O) groups is 1. The molecule has 0 radical (unpaired) electrons. The highest BCUT2D eigenvalue weighted by molar-refractivity contribution is 5.89. The fraction of sp³-hybridized carbons (Fsp3) is 0.667. The van der Waals surface area contributed by atoms with Gasteiger partial charge in [0, 0.05) is 13.1 Å². The van der Waals surface area contributed by atoms with E-state index in [0.29, 0.717) is 12.5 Å². The van der Waals surface area contributed by atoms with Crippen LogP contribution in [-0.2, 0) is 4.79 Å². The van der Waals surface area contributed by atoms with Crippen LogP contribution in [0.3, 0.4) is 0 Å². The molecule has 1 amide bonds. The number of aliphatic hydroxyl groups excluding tert-OH is 1. The van der Waals surface area contributed by atoms with Crippen molar-refractivity contribution in [3.8, 4) is 0 Å². The third kappa shape index (κ3) is 0.771. The van der Waals surface area contributed by atoms with E-state index < -0.39 is 0 Å². The molecule has 1 saturated carbocycles. The summed E-state index contributed by atoms with van der Waals surface area (Å²) in [5, 5.41) is 9.05. The molecule has 1 saturated heterocycles. The molecule has 1 aliphatic heterocycles. The molecule has 0 aromatic carbocycles. The Bertz CT molecular complexity index is 235. The maximum atomic E-state index is 11.6. The van der Waals surface area contributed by atoms with Gasteiger partial charge in [0.25, 0.3) is 0 Å². The van der Waals surface area contributed by atoms with Crippen molar-refractivity contribution < 1.29 is 9.90 Å². The molecule has 2 fully saturated rings. The quantitative estimate of drug-likeness (QED) is 0.602. The molecule has 3 heteroatoms. The molecule has 66 valence electrons. The second-order valence-electron chi connectivity index (χ2n) is 3.71. The van der Waals surface area contributed by atoms with Crippen LogP contribution in [0.1, 0.15) is 6.42 Å². The van der Waals surface area contributed by atoms with Crippen LogP contribution in [0, 0.1) is 11.3 Å². The minimum atomic E-state index is -0.372. The Kier molecular flexibility index (Phi) is 1.51. The van der Waals surface area contributed by atoms with Crippen LogP contribution >= 0.6 is 0 Å². The number of carbonyl (C=O) groups excluding carboxylic acids is 1. The SMILES string of the molecule is C=CCN1C[C@@H]2C[C@]2(CO)C1=O. The number of fused-ring (bicyclic) bond motifs is 1. The van der Waals surface area contributed by atoms with E-state index in [1.807, 2.05) is 0 Å². The lowest BCUT2D eigenvalue weighted by Crippen LogP contribution is -2.33. The van der Waals surface area contributed by atoms with E-state index >= 15 is 0 Å². The second kappa shape index (κ2) is 2.33. The summed E-state index contributed by atoms with van der Waals surface area (Å²) in [7, 11) is 0.